The topological polar surface area (TPSA) is 50.4 Å². The number of amides is 1. The van der Waals surface area contributed by atoms with Gasteiger partial charge in [0.2, 0.25) is 5.91 Å². The van der Waals surface area contributed by atoms with E-state index in [0.717, 1.165) is 17.7 Å². The van der Waals surface area contributed by atoms with Gasteiger partial charge in [-0.05, 0) is 35.7 Å². The van der Waals surface area contributed by atoms with Crippen molar-refractivity contribution in [1.29, 1.82) is 0 Å². The summed E-state index contributed by atoms with van der Waals surface area (Å²) in [5.41, 5.74) is 1.48. The Morgan fingerprint density at radius 2 is 1.65 bits per heavy atom. The Balaban J connectivity index is 1.89. The largest absolute Gasteiger partial charge is 0.573 e. The van der Waals surface area contributed by atoms with Gasteiger partial charge in [0.15, 0.2) is 0 Å². The normalized spacial score (nSPS) is 12.7. The molecule has 0 heterocycles. The molecule has 2 N–H and O–H groups in total. The maximum absolute atomic E-state index is 12.1. The molecule has 2 aromatic carbocycles. The van der Waals surface area contributed by atoms with Crippen molar-refractivity contribution >= 4 is 11.6 Å². The highest BCUT2D eigenvalue weighted by molar-refractivity contribution is 5.92. The van der Waals surface area contributed by atoms with Gasteiger partial charge in [0.25, 0.3) is 0 Å². The van der Waals surface area contributed by atoms with Crippen molar-refractivity contribution in [2.24, 2.45) is 5.92 Å². The molecule has 0 aliphatic rings. The Bertz CT molecular complexity index is 701. The molecule has 140 valence electrons. The van der Waals surface area contributed by atoms with Crippen LogP contribution < -0.4 is 15.4 Å². The summed E-state index contributed by atoms with van der Waals surface area (Å²) in [5.74, 6) is -0.336. The fourth-order valence-corrected chi connectivity index (χ4v) is 2.55. The molecule has 0 aliphatic heterocycles. The lowest BCUT2D eigenvalue weighted by Crippen LogP contribution is -2.33. The highest BCUT2D eigenvalue weighted by atomic mass is 19.4. The van der Waals surface area contributed by atoms with Crippen molar-refractivity contribution in [2.75, 3.05) is 11.9 Å². The minimum absolute atomic E-state index is 0.0181. The molecule has 0 aromatic heterocycles. The van der Waals surface area contributed by atoms with Gasteiger partial charge in [-0.2, -0.15) is 0 Å². The first kappa shape index (κ1) is 19.8. The first-order chi connectivity index (χ1) is 12.2. The number of alkyl halides is 3. The molecule has 0 radical (unpaired) electrons. The van der Waals surface area contributed by atoms with E-state index < -0.39 is 6.36 Å². The molecule has 1 atom stereocenters. The van der Waals surface area contributed by atoms with Crippen LogP contribution in [-0.2, 0) is 4.79 Å². The van der Waals surface area contributed by atoms with E-state index in [1.165, 1.54) is 12.1 Å². The third kappa shape index (κ3) is 6.40. The first-order valence-corrected chi connectivity index (χ1v) is 8.18. The lowest BCUT2D eigenvalue weighted by Gasteiger charge is -2.22. The number of carbonyl (C=O) groups excluding carboxylic acids is 1. The molecule has 0 aliphatic carbocycles. The molecule has 7 heteroatoms. The third-order valence-corrected chi connectivity index (χ3v) is 3.68. The summed E-state index contributed by atoms with van der Waals surface area (Å²) in [6, 6.07) is 14.8. The van der Waals surface area contributed by atoms with E-state index in [-0.39, 0.29) is 30.2 Å². The van der Waals surface area contributed by atoms with Crippen LogP contribution in [0.1, 0.15) is 25.5 Å². The molecule has 1 amide bonds. The van der Waals surface area contributed by atoms with E-state index in [2.05, 4.69) is 29.2 Å². The minimum Gasteiger partial charge on any atom is -0.406 e. The number of carbonyl (C=O) groups is 1. The molecule has 0 fully saturated rings. The van der Waals surface area contributed by atoms with E-state index in [0.29, 0.717) is 5.69 Å². The molecule has 2 aromatic rings. The summed E-state index contributed by atoms with van der Waals surface area (Å²) in [6.07, 6.45) is -4.74. The second-order valence-electron chi connectivity index (χ2n) is 6.13. The van der Waals surface area contributed by atoms with Crippen LogP contribution in [0.5, 0.6) is 5.75 Å². The van der Waals surface area contributed by atoms with Crippen LogP contribution >= 0.6 is 0 Å². The summed E-state index contributed by atoms with van der Waals surface area (Å²) in [6.45, 7) is 4.20. The molecule has 0 unspecified atom stereocenters. The standard InChI is InChI=1S/C19H21F3N2O2/c1-13(2)18(14-6-4-3-5-7-14)23-12-17(25)24-15-8-10-16(11-9-15)26-19(20,21)22/h3-11,13,18,23H,12H2,1-2H3,(H,24,25)/t18-/m1/s1. The second kappa shape index (κ2) is 8.71. The second-order valence-corrected chi connectivity index (χ2v) is 6.13. The van der Waals surface area contributed by atoms with Gasteiger partial charge in [0, 0.05) is 11.7 Å². The van der Waals surface area contributed by atoms with Crippen LogP contribution in [0.3, 0.4) is 0 Å². The van der Waals surface area contributed by atoms with Crippen LogP contribution in [0.2, 0.25) is 0 Å². The summed E-state index contributed by atoms with van der Waals surface area (Å²) in [4.78, 5) is 12.1. The smallest absolute Gasteiger partial charge is 0.406 e. The van der Waals surface area contributed by atoms with Gasteiger partial charge >= 0.3 is 6.36 Å². The third-order valence-electron chi connectivity index (χ3n) is 3.68. The maximum Gasteiger partial charge on any atom is 0.573 e. The lowest BCUT2D eigenvalue weighted by molar-refractivity contribution is -0.274. The zero-order valence-corrected chi connectivity index (χ0v) is 14.5. The Kier molecular flexibility index (Phi) is 6.63. The van der Waals surface area contributed by atoms with Crippen LogP contribution in [0.25, 0.3) is 0 Å². The predicted molar refractivity (Wildman–Crippen MR) is 93.8 cm³/mol. The van der Waals surface area contributed by atoms with Gasteiger partial charge < -0.3 is 15.4 Å². The molecule has 0 saturated carbocycles. The van der Waals surface area contributed by atoms with E-state index in [9.17, 15) is 18.0 Å². The molecule has 0 spiro atoms. The highest BCUT2D eigenvalue weighted by Crippen LogP contribution is 2.24. The van der Waals surface area contributed by atoms with Crippen molar-refractivity contribution in [3.63, 3.8) is 0 Å². The van der Waals surface area contributed by atoms with Crippen molar-refractivity contribution in [2.45, 2.75) is 26.3 Å². The van der Waals surface area contributed by atoms with E-state index >= 15 is 0 Å². The minimum atomic E-state index is -4.74. The van der Waals surface area contributed by atoms with Gasteiger partial charge in [-0.1, -0.05) is 44.2 Å². The van der Waals surface area contributed by atoms with E-state index in [1.807, 2.05) is 30.3 Å². The fourth-order valence-electron chi connectivity index (χ4n) is 2.55. The SMILES string of the molecule is CC(C)[C@@H](NCC(=O)Nc1ccc(OC(F)(F)F)cc1)c1ccccc1. The zero-order valence-electron chi connectivity index (χ0n) is 14.5. The van der Waals surface area contributed by atoms with Gasteiger partial charge in [-0.25, -0.2) is 0 Å². The van der Waals surface area contributed by atoms with Gasteiger partial charge in [-0.3, -0.25) is 4.79 Å². The summed E-state index contributed by atoms with van der Waals surface area (Å²) < 4.78 is 40.2. The van der Waals surface area contributed by atoms with E-state index in [4.69, 9.17) is 0 Å². The van der Waals surface area contributed by atoms with Crippen LogP contribution in [0, 0.1) is 5.92 Å². The number of rotatable bonds is 7. The molecule has 0 saturated heterocycles. The zero-order chi connectivity index (χ0) is 19.2. The van der Waals surface area contributed by atoms with E-state index in [1.54, 1.807) is 0 Å². The number of benzene rings is 2. The quantitative estimate of drug-likeness (QED) is 0.758. The molecule has 2 rings (SSSR count). The number of hydrogen-bond acceptors (Lipinski definition) is 3. The van der Waals surface area contributed by atoms with Crippen molar-refractivity contribution < 1.29 is 22.7 Å². The van der Waals surface area contributed by atoms with Gasteiger partial charge in [-0.15, -0.1) is 13.2 Å². The Morgan fingerprint density at radius 3 is 2.19 bits per heavy atom. The van der Waals surface area contributed by atoms with Gasteiger partial charge in [0.1, 0.15) is 5.75 Å². The number of nitrogens with one attached hydrogen (secondary N) is 2. The molecule has 26 heavy (non-hydrogen) atoms. The van der Waals surface area contributed by atoms with Crippen molar-refractivity contribution in [3.05, 3.63) is 60.2 Å². The Labute approximate surface area is 150 Å². The molecular formula is C19H21F3N2O2. The average Bonchev–Trinajstić information content (AvgIpc) is 2.56. The summed E-state index contributed by atoms with van der Waals surface area (Å²) >= 11 is 0. The number of ether oxygens (including phenoxy) is 1. The average molecular weight is 366 g/mol. The van der Waals surface area contributed by atoms with Crippen molar-refractivity contribution in [1.82, 2.24) is 5.32 Å². The maximum atomic E-state index is 12.1. The van der Waals surface area contributed by atoms with Crippen LogP contribution in [0.15, 0.2) is 54.6 Å². The van der Waals surface area contributed by atoms with Gasteiger partial charge in [0.05, 0.1) is 6.54 Å². The molecular weight excluding hydrogens is 345 g/mol. The number of anilines is 1. The molecule has 4 nitrogen and oxygen atoms in total. The highest BCUT2D eigenvalue weighted by Gasteiger charge is 2.30. The predicted octanol–water partition coefficient (Wildman–Crippen LogP) is 4.51. The first-order valence-electron chi connectivity index (χ1n) is 8.18. The summed E-state index contributed by atoms with van der Waals surface area (Å²) in [7, 11) is 0. The van der Waals surface area contributed by atoms with Crippen LogP contribution in [-0.4, -0.2) is 18.8 Å². The summed E-state index contributed by atoms with van der Waals surface area (Å²) in [5, 5.41) is 5.85. The molecule has 0 bridgehead atoms. The Morgan fingerprint density at radius 1 is 1.04 bits per heavy atom. The fraction of sp³-hybridized carbons (Fsp3) is 0.316. The number of hydrogen-bond donors (Lipinski definition) is 2. The van der Waals surface area contributed by atoms with Crippen LogP contribution in [0.4, 0.5) is 18.9 Å². The monoisotopic (exact) mass is 366 g/mol. The van der Waals surface area contributed by atoms with Crippen molar-refractivity contribution in [3.8, 4) is 5.75 Å². The number of halogens is 3. The Hall–Kier alpha value is -2.54. The lowest BCUT2D eigenvalue weighted by atomic mass is 9.96.